The molecule has 3 heterocycles. The zero-order valence-corrected chi connectivity index (χ0v) is 20.1. The molecule has 7 atom stereocenters. The van der Waals surface area contributed by atoms with Crippen LogP contribution in [0.2, 0.25) is 0 Å². The zero-order valence-electron chi connectivity index (χ0n) is 19.2. The third-order valence-corrected chi connectivity index (χ3v) is 8.44. The Balaban J connectivity index is 1.87. The molecule has 0 bridgehead atoms. The zero-order chi connectivity index (χ0) is 24.8. The Kier molecular flexibility index (Phi) is 7.07. The molecule has 2 unspecified atom stereocenters. The van der Waals surface area contributed by atoms with Gasteiger partial charge in [0.25, 0.3) is 0 Å². The molecule has 0 radical (unpaired) electrons. The van der Waals surface area contributed by atoms with Crippen molar-refractivity contribution >= 4 is 24.7 Å². The fourth-order valence-corrected chi connectivity index (χ4v) is 5.03. The second-order valence-corrected chi connectivity index (χ2v) is 10.8. The first-order valence-electron chi connectivity index (χ1n) is 10.6. The first-order chi connectivity index (χ1) is 15.3. The first-order valence-corrected chi connectivity index (χ1v) is 12.2. The quantitative estimate of drug-likeness (QED) is 0.313. The van der Waals surface area contributed by atoms with Crippen LogP contribution < -0.4 is 10.5 Å². The normalized spacial score (nSPS) is 28.9. The van der Waals surface area contributed by atoms with E-state index in [1.165, 1.54) is 24.9 Å². The molecule has 0 amide bonds. The van der Waals surface area contributed by atoms with Crippen LogP contribution in [0.3, 0.4) is 0 Å². The molecule has 3 rings (SSSR count). The van der Waals surface area contributed by atoms with Crippen LogP contribution in [0.5, 0.6) is 5.88 Å². The summed E-state index contributed by atoms with van der Waals surface area (Å²) in [7, 11) is -3.03. The van der Waals surface area contributed by atoms with Crippen molar-refractivity contribution in [3.05, 3.63) is 6.33 Å². The summed E-state index contributed by atoms with van der Waals surface area (Å²) in [6.07, 6.45) is -3.13. The highest BCUT2D eigenvalue weighted by Crippen LogP contribution is 2.59. The van der Waals surface area contributed by atoms with Crippen LogP contribution in [0, 0.1) is 0 Å². The van der Waals surface area contributed by atoms with E-state index in [0.717, 1.165) is 0 Å². The van der Waals surface area contributed by atoms with Gasteiger partial charge in [-0.2, -0.15) is 9.97 Å². The predicted octanol–water partition coefficient (Wildman–Crippen LogP) is 0.916. The van der Waals surface area contributed by atoms with Gasteiger partial charge >= 0.3 is 7.60 Å². The van der Waals surface area contributed by atoms with Gasteiger partial charge in [0.05, 0.1) is 25.1 Å². The van der Waals surface area contributed by atoms with Gasteiger partial charge in [0.2, 0.25) is 11.8 Å². The SMILES string of the molecule is CCC(C)(C[C@H]1O[C@@H](n2cnc3c(OC)nc(N)nc32)[C@H](O)[C@@H]1O)OP(=O)(O)[C@@](C)(O)CC. The van der Waals surface area contributed by atoms with Gasteiger partial charge in [0, 0.05) is 6.42 Å². The van der Waals surface area contributed by atoms with Crippen molar-refractivity contribution in [3.63, 3.8) is 0 Å². The van der Waals surface area contributed by atoms with E-state index in [4.69, 9.17) is 19.7 Å². The molecule has 1 saturated heterocycles. The van der Waals surface area contributed by atoms with Gasteiger partial charge in [0.15, 0.2) is 22.7 Å². The monoisotopic (exact) mass is 489 g/mol. The average Bonchev–Trinajstić information content (AvgIpc) is 3.28. The smallest absolute Gasteiger partial charge is 0.359 e. The standard InChI is InChI=1S/C19H32N5O8P/c1-6-18(3,32-33(28,29)19(4,27)7-2)8-10-12(25)13(26)16(31-10)24-9-21-11-14(24)22-17(20)23-15(11)30-5/h9-10,12-13,16,25-27H,6-8H2,1-5H3,(H,28,29)(H2,20,22,23)/t10-,12-,13-,16-,18?,19-/m1/s1. The van der Waals surface area contributed by atoms with Gasteiger partial charge < -0.3 is 39.9 Å². The topological polar surface area (TPSA) is 195 Å². The summed E-state index contributed by atoms with van der Waals surface area (Å²) in [5.74, 6) is 0.0776. The van der Waals surface area contributed by atoms with Crippen LogP contribution in [-0.4, -0.2) is 76.1 Å². The number of hydrogen-bond donors (Lipinski definition) is 5. The van der Waals surface area contributed by atoms with E-state index >= 15 is 0 Å². The summed E-state index contributed by atoms with van der Waals surface area (Å²) in [4.78, 5) is 22.7. The lowest BCUT2D eigenvalue weighted by Gasteiger charge is -2.37. The van der Waals surface area contributed by atoms with Crippen LogP contribution in [0.4, 0.5) is 5.95 Å². The number of anilines is 1. The van der Waals surface area contributed by atoms with Crippen molar-refractivity contribution in [2.24, 2.45) is 0 Å². The van der Waals surface area contributed by atoms with Gasteiger partial charge in [-0.1, -0.05) is 13.8 Å². The minimum atomic E-state index is -4.44. The highest BCUT2D eigenvalue weighted by Gasteiger charge is 2.50. The van der Waals surface area contributed by atoms with Crippen LogP contribution in [-0.2, 0) is 13.8 Å². The van der Waals surface area contributed by atoms with Gasteiger partial charge in [0.1, 0.15) is 12.2 Å². The van der Waals surface area contributed by atoms with Crippen molar-refractivity contribution in [1.29, 1.82) is 0 Å². The largest absolute Gasteiger partial charge is 0.479 e. The van der Waals surface area contributed by atoms with Crippen molar-refractivity contribution in [2.45, 2.75) is 82.4 Å². The summed E-state index contributed by atoms with van der Waals surface area (Å²) in [5, 5.41) is 29.8. The summed E-state index contributed by atoms with van der Waals surface area (Å²) >= 11 is 0. The van der Waals surface area contributed by atoms with Crippen molar-refractivity contribution < 1.29 is 38.8 Å². The maximum atomic E-state index is 12.7. The van der Waals surface area contributed by atoms with E-state index in [2.05, 4.69) is 15.0 Å². The number of fused-ring (bicyclic) bond motifs is 1. The number of aliphatic hydroxyl groups is 3. The second-order valence-electron chi connectivity index (χ2n) is 8.65. The number of nitrogens with zero attached hydrogens (tertiary/aromatic N) is 4. The molecule has 186 valence electrons. The summed E-state index contributed by atoms with van der Waals surface area (Å²) < 4.78 is 30.8. The molecular formula is C19H32N5O8P. The average molecular weight is 489 g/mol. The van der Waals surface area contributed by atoms with Crippen LogP contribution in [0.15, 0.2) is 6.33 Å². The fraction of sp³-hybridized carbons (Fsp3) is 0.737. The van der Waals surface area contributed by atoms with E-state index in [-0.39, 0.29) is 36.7 Å². The van der Waals surface area contributed by atoms with E-state index < -0.39 is 43.1 Å². The number of rotatable bonds is 9. The maximum Gasteiger partial charge on any atom is 0.359 e. The van der Waals surface area contributed by atoms with Crippen molar-refractivity contribution in [3.8, 4) is 5.88 Å². The molecule has 6 N–H and O–H groups in total. The van der Waals surface area contributed by atoms with Gasteiger partial charge in [-0.15, -0.1) is 0 Å². The van der Waals surface area contributed by atoms with Crippen molar-refractivity contribution in [1.82, 2.24) is 19.5 Å². The number of nitrogen functional groups attached to an aromatic ring is 1. The van der Waals surface area contributed by atoms with Gasteiger partial charge in [-0.3, -0.25) is 9.13 Å². The minimum absolute atomic E-state index is 0.00602. The lowest BCUT2D eigenvalue weighted by molar-refractivity contribution is -0.0689. The lowest BCUT2D eigenvalue weighted by atomic mass is 9.93. The molecule has 0 aromatic carbocycles. The summed E-state index contributed by atoms with van der Waals surface area (Å²) in [6, 6.07) is 0. The molecule has 2 aromatic heterocycles. The van der Waals surface area contributed by atoms with E-state index in [1.54, 1.807) is 20.8 Å². The molecular weight excluding hydrogens is 457 g/mol. The number of ether oxygens (including phenoxy) is 2. The molecule has 0 aliphatic carbocycles. The fourth-order valence-electron chi connectivity index (χ4n) is 3.63. The van der Waals surface area contributed by atoms with Gasteiger partial charge in [-0.05, 0) is 26.7 Å². The highest BCUT2D eigenvalue weighted by atomic mass is 31.2. The second kappa shape index (κ2) is 9.06. The highest BCUT2D eigenvalue weighted by molar-refractivity contribution is 7.54. The molecule has 33 heavy (non-hydrogen) atoms. The Morgan fingerprint density at radius 1 is 1.24 bits per heavy atom. The Morgan fingerprint density at radius 3 is 2.48 bits per heavy atom. The van der Waals surface area contributed by atoms with E-state index in [1.807, 2.05) is 0 Å². The number of aromatic nitrogens is 4. The van der Waals surface area contributed by atoms with Crippen LogP contribution in [0.1, 0.15) is 53.2 Å². The molecule has 0 saturated carbocycles. The number of imidazole rings is 1. The van der Waals surface area contributed by atoms with Crippen LogP contribution in [0.25, 0.3) is 11.2 Å². The summed E-state index contributed by atoms with van der Waals surface area (Å²) in [5.41, 5.74) is 5.04. The molecule has 2 aromatic rings. The summed E-state index contributed by atoms with van der Waals surface area (Å²) in [6.45, 7) is 6.13. The Morgan fingerprint density at radius 2 is 1.91 bits per heavy atom. The lowest BCUT2D eigenvalue weighted by Crippen LogP contribution is -2.40. The minimum Gasteiger partial charge on any atom is -0.479 e. The van der Waals surface area contributed by atoms with Gasteiger partial charge in [-0.25, -0.2) is 4.98 Å². The van der Waals surface area contributed by atoms with Crippen LogP contribution >= 0.6 is 7.60 Å². The Bertz CT molecular complexity index is 1050. The third kappa shape index (κ3) is 4.72. The molecule has 14 heteroatoms. The molecule has 1 aliphatic rings. The third-order valence-electron chi connectivity index (χ3n) is 6.21. The maximum absolute atomic E-state index is 12.7. The molecule has 13 nitrogen and oxygen atoms in total. The molecule has 0 spiro atoms. The Hall–Kier alpha value is -1.86. The predicted molar refractivity (Wildman–Crippen MR) is 117 cm³/mol. The number of hydrogen-bond acceptors (Lipinski definition) is 11. The molecule has 1 aliphatic heterocycles. The number of nitrogens with two attached hydrogens (primary N) is 1. The van der Waals surface area contributed by atoms with E-state index in [9.17, 15) is 24.8 Å². The first kappa shape index (κ1) is 25.8. The van der Waals surface area contributed by atoms with E-state index in [0.29, 0.717) is 5.52 Å². The Labute approximate surface area is 191 Å². The number of aliphatic hydroxyl groups excluding tert-OH is 2. The molecule has 1 fully saturated rings. The van der Waals surface area contributed by atoms with Crippen molar-refractivity contribution in [2.75, 3.05) is 12.8 Å². The number of methoxy groups -OCH3 is 1.